The minimum absolute atomic E-state index is 0.172. The van der Waals surface area contributed by atoms with Crippen molar-refractivity contribution in [1.29, 1.82) is 0 Å². The molecule has 0 amide bonds. The predicted octanol–water partition coefficient (Wildman–Crippen LogP) is 3.20. The first-order chi connectivity index (χ1) is 9.58. The van der Waals surface area contributed by atoms with Crippen molar-refractivity contribution in [2.24, 2.45) is 0 Å². The molecule has 1 aromatic heterocycles. The number of halogens is 1. The highest BCUT2D eigenvalue weighted by Crippen LogP contribution is 2.25. The quantitative estimate of drug-likeness (QED) is 0.861. The summed E-state index contributed by atoms with van der Waals surface area (Å²) < 4.78 is 4.88. The van der Waals surface area contributed by atoms with Gasteiger partial charge in [0.05, 0.1) is 23.7 Å². The third-order valence-corrected chi connectivity index (χ3v) is 3.75. The van der Waals surface area contributed by atoms with E-state index in [9.17, 15) is 9.90 Å². The number of carbonyl (C=O) groups excluding carboxylic acids is 1. The van der Waals surface area contributed by atoms with Gasteiger partial charge in [0.25, 0.3) is 0 Å². The highest BCUT2D eigenvalue weighted by Gasteiger charge is 2.10. The summed E-state index contributed by atoms with van der Waals surface area (Å²) in [6.07, 6.45) is 0.658. The monoisotopic (exact) mass is 311 g/mol. The average Bonchev–Trinajstić information content (AvgIpc) is 2.81. The SMILES string of the molecule is CCOC(=O)Cc1csc(Cc2cc(Cl)ccc2O)n1. The van der Waals surface area contributed by atoms with Crippen molar-refractivity contribution in [2.75, 3.05) is 6.61 Å². The Labute approximate surface area is 126 Å². The van der Waals surface area contributed by atoms with Gasteiger partial charge in [-0.3, -0.25) is 4.79 Å². The first-order valence-electron chi connectivity index (χ1n) is 6.14. The van der Waals surface area contributed by atoms with Gasteiger partial charge in [0.2, 0.25) is 0 Å². The van der Waals surface area contributed by atoms with Gasteiger partial charge in [-0.05, 0) is 25.1 Å². The summed E-state index contributed by atoms with van der Waals surface area (Å²) in [6, 6.07) is 4.91. The minimum Gasteiger partial charge on any atom is -0.508 e. The van der Waals surface area contributed by atoms with Crippen molar-refractivity contribution in [2.45, 2.75) is 19.8 Å². The molecule has 0 unspecified atom stereocenters. The largest absolute Gasteiger partial charge is 0.508 e. The maximum absolute atomic E-state index is 11.4. The Hall–Kier alpha value is -1.59. The summed E-state index contributed by atoms with van der Waals surface area (Å²) in [5, 5.41) is 13.0. The second-order valence-electron chi connectivity index (χ2n) is 4.16. The van der Waals surface area contributed by atoms with Crippen LogP contribution in [-0.4, -0.2) is 22.7 Å². The first-order valence-corrected chi connectivity index (χ1v) is 7.40. The number of thiazole rings is 1. The molecule has 0 saturated heterocycles. The molecule has 0 aliphatic heterocycles. The van der Waals surface area contributed by atoms with Gasteiger partial charge in [0.1, 0.15) is 5.75 Å². The topological polar surface area (TPSA) is 59.4 Å². The van der Waals surface area contributed by atoms with Crippen LogP contribution in [0.1, 0.15) is 23.2 Å². The second kappa shape index (κ2) is 6.72. The van der Waals surface area contributed by atoms with Gasteiger partial charge in [-0.2, -0.15) is 0 Å². The number of nitrogens with zero attached hydrogens (tertiary/aromatic N) is 1. The molecule has 0 fully saturated rings. The Bertz CT molecular complexity index is 612. The minimum atomic E-state index is -0.282. The zero-order valence-corrected chi connectivity index (χ0v) is 12.5. The molecule has 0 saturated carbocycles. The van der Waals surface area contributed by atoms with E-state index in [1.807, 2.05) is 5.38 Å². The summed E-state index contributed by atoms with van der Waals surface area (Å²) in [6.45, 7) is 2.14. The van der Waals surface area contributed by atoms with Crippen molar-refractivity contribution in [3.8, 4) is 5.75 Å². The standard InChI is InChI=1S/C14H14ClNO3S/c1-2-19-14(18)7-11-8-20-13(16-11)6-9-5-10(15)3-4-12(9)17/h3-5,8,17H,2,6-7H2,1H3. The average molecular weight is 312 g/mol. The summed E-state index contributed by atoms with van der Waals surface area (Å²) in [5.41, 5.74) is 1.40. The maximum atomic E-state index is 11.4. The third kappa shape index (κ3) is 3.95. The normalized spacial score (nSPS) is 10.5. The first kappa shape index (κ1) is 14.8. The molecule has 1 aromatic carbocycles. The number of hydrogen-bond acceptors (Lipinski definition) is 5. The van der Waals surface area contributed by atoms with Crippen LogP contribution in [0.2, 0.25) is 5.02 Å². The van der Waals surface area contributed by atoms with Gasteiger partial charge < -0.3 is 9.84 Å². The molecular weight excluding hydrogens is 298 g/mol. The molecule has 2 rings (SSSR count). The van der Waals surface area contributed by atoms with Gasteiger partial charge in [-0.1, -0.05) is 11.6 Å². The molecule has 0 aliphatic rings. The van der Waals surface area contributed by atoms with Crippen LogP contribution in [0.25, 0.3) is 0 Å². The molecule has 20 heavy (non-hydrogen) atoms. The highest BCUT2D eigenvalue weighted by molar-refractivity contribution is 7.09. The number of esters is 1. The van der Waals surface area contributed by atoms with Crippen LogP contribution in [0.5, 0.6) is 5.75 Å². The van der Waals surface area contributed by atoms with Gasteiger partial charge in [0.15, 0.2) is 0 Å². The zero-order chi connectivity index (χ0) is 14.5. The molecule has 0 bridgehead atoms. The number of benzene rings is 1. The smallest absolute Gasteiger partial charge is 0.311 e. The Morgan fingerprint density at radius 1 is 1.50 bits per heavy atom. The van der Waals surface area contributed by atoms with Gasteiger partial charge in [-0.25, -0.2) is 4.98 Å². The van der Waals surface area contributed by atoms with E-state index in [-0.39, 0.29) is 18.1 Å². The van der Waals surface area contributed by atoms with Crippen LogP contribution in [0, 0.1) is 0 Å². The number of phenols is 1. The fraction of sp³-hybridized carbons (Fsp3) is 0.286. The number of phenolic OH excluding ortho intramolecular Hbond substituents is 1. The van der Waals surface area contributed by atoms with Crippen LogP contribution < -0.4 is 0 Å². The Morgan fingerprint density at radius 2 is 2.30 bits per heavy atom. The lowest BCUT2D eigenvalue weighted by Crippen LogP contribution is -2.07. The van der Waals surface area contributed by atoms with E-state index in [1.54, 1.807) is 25.1 Å². The van der Waals surface area contributed by atoms with Gasteiger partial charge >= 0.3 is 5.97 Å². The Morgan fingerprint density at radius 3 is 3.05 bits per heavy atom. The molecule has 2 aromatic rings. The van der Waals surface area contributed by atoms with Gasteiger partial charge in [0, 0.05) is 22.4 Å². The van der Waals surface area contributed by atoms with E-state index in [0.717, 1.165) is 10.6 Å². The summed E-state index contributed by atoms with van der Waals surface area (Å²) in [7, 11) is 0. The van der Waals surface area contributed by atoms with Crippen molar-refractivity contribution >= 4 is 28.9 Å². The van der Waals surface area contributed by atoms with Crippen molar-refractivity contribution in [3.63, 3.8) is 0 Å². The molecule has 1 heterocycles. The lowest BCUT2D eigenvalue weighted by molar-refractivity contribution is -0.142. The fourth-order valence-corrected chi connectivity index (χ4v) is 2.74. The van der Waals surface area contributed by atoms with Crippen LogP contribution in [0.4, 0.5) is 0 Å². The van der Waals surface area contributed by atoms with Crippen molar-refractivity contribution < 1.29 is 14.6 Å². The molecule has 6 heteroatoms. The van der Waals surface area contributed by atoms with E-state index in [2.05, 4.69) is 4.98 Å². The molecule has 0 spiro atoms. The lowest BCUT2D eigenvalue weighted by Gasteiger charge is -2.02. The number of aromatic hydroxyl groups is 1. The predicted molar refractivity (Wildman–Crippen MR) is 78.4 cm³/mol. The van der Waals surface area contributed by atoms with Crippen molar-refractivity contribution in [1.82, 2.24) is 4.98 Å². The van der Waals surface area contributed by atoms with Crippen LogP contribution >= 0.6 is 22.9 Å². The second-order valence-corrected chi connectivity index (χ2v) is 5.54. The van der Waals surface area contributed by atoms with E-state index in [0.29, 0.717) is 23.7 Å². The van der Waals surface area contributed by atoms with E-state index >= 15 is 0 Å². The number of ether oxygens (including phenoxy) is 1. The molecule has 0 atom stereocenters. The molecule has 1 N–H and O–H groups in total. The Balaban J connectivity index is 2.06. The number of rotatable bonds is 5. The van der Waals surface area contributed by atoms with Crippen LogP contribution in [0.3, 0.4) is 0 Å². The molecule has 0 radical (unpaired) electrons. The maximum Gasteiger partial charge on any atom is 0.311 e. The summed E-state index contributed by atoms with van der Waals surface area (Å²) >= 11 is 7.35. The molecule has 4 nitrogen and oxygen atoms in total. The Kier molecular flexibility index (Phi) is 4.98. The third-order valence-electron chi connectivity index (χ3n) is 2.61. The summed E-state index contributed by atoms with van der Waals surface area (Å²) in [5.74, 6) is -0.0912. The van der Waals surface area contributed by atoms with E-state index in [1.165, 1.54) is 11.3 Å². The highest BCUT2D eigenvalue weighted by atomic mass is 35.5. The molecule has 0 aliphatic carbocycles. The van der Waals surface area contributed by atoms with Gasteiger partial charge in [-0.15, -0.1) is 11.3 Å². The van der Waals surface area contributed by atoms with E-state index < -0.39 is 0 Å². The van der Waals surface area contributed by atoms with E-state index in [4.69, 9.17) is 16.3 Å². The van der Waals surface area contributed by atoms with Crippen molar-refractivity contribution in [3.05, 3.63) is 44.9 Å². The number of aromatic nitrogens is 1. The lowest BCUT2D eigenvalue weighted by atomic mass is 10.1. The fourth-order valence-electron chi connectivity index (χ4n) is 1.73. The zero-order valence-electron chi connectivity index (χ0n) is 10.9. The number of hydrogen-bond donors (Lipinski definition) is 1. The number of carbonyl (C=O) groups is 1. The van der Waals surface area contributed by atoms with Crippen LogP contribution in [-0.2, 0) is 22.4 Å². The summed E-state index contributed by atoms with van der Waals surface area (Å²) in [4.78, 5) is 15.7. The molecule has 106 valence electrons. The molecular formula is C14H14ClNO3S. The van der Waals surface area contributed by atoms with Crippen LogP contribution in [0.15, 0.2) is 23.6 Å².